The number of carbonyl (C=O) groups is 1. The first-order valence-corrected chi connectivity index (χ1v) is 9.05. The zero-order valence-electron chi connectivity index (χ0n) is 13.1. The van der Waals surface area contributed by atoms with E-state index in [1.165, 1.54) is 27.6 Å². The van der Waals surface area contributed by atoms with Crippen molar-refractivity contribution in [3.63, 3.8) is 0 Å². The molecule has 5 nitrogen and oxygen atoms in total. The van der Waals surface area contributed by atoms with Crippen molar-refractivity contribution in [3.05, 3.63) is 62.9 Å². The maximum atomic E-state index is 11.2. The van der Waals surface area contributed by atoms with Gasteiger partial charge >= 0.3 is 5.97 Å². The van der Waals surface area contributed by atoms with Crippen LogP contribution in [0, 0.1) is 18.8 Å². The normalized spacial score (nSPS) is 10.6. The Morgan fingerprint density at radius 2 is 2.12 bits per heavy atom. The Balaban J connectivity index is 1.69. The molecule has 25 heavy (non-hydrogen) atoms. The number of hydrogen-bond acceptors (Lipinski definition) is 5. The lowest BCUT2D eigenvalue weighted by Crippen LogP contribution is -1.98. The lowest BCUT2D eigenvalue weighted by molar-refractivity contribution is 0.0699. The van der Waals surface area contributed by atoms with Crippen molar-refractivity contribution in [2.45, 2.75) is 6.92 Å². The molecule has 0 spiro atoms. The quantitative estimate of drug-likeness (QED) is 0.547. The van der Waals surface area contributed by atoms with E-state index in [1.807, 2.05) is 30.5 Å². The number of nitrogens with zero attached hydrogens (tertiary/aromatic N) is 3. The second-order valence-corrected chi connectivity index (χ2v) is 7.29. The van der Waals surface area contributed by atoms with Gasteiger partial charge in [0.25, 0.3) is 0 Å². The first-order chi connectivity index (χ1) is 12.1. The molecule has 4 rings (SSSR count). The zero-order chi connectivity index (χ0) is 17.4. The third-order valence-corrected chi connectivity index (χ3v) is 5.57. The van der Waals surface area contributed by atoms with Crippen molar-refractivity contribution in [2.75, 3.05) is 0 Å². The highest BCUT2D eigenvalue weighted by atomic mass is 32.1. The van der Waals surface area contributed by atoms with Gasteiger partial charge in [-0.05, 0) is 54.0 Å². The van der Waals surface area contributed by atoms with E-state index in [0.29, 0.717) is 11.3 Å². The van der Waals surface area contributed by atoms with Gasteiger partial charge in [0.1, 0.15) is 5.56 Å². The second-order valence-electron chi connectivity index (χ2n) is 5.29. The summed E-state index contributed by atoms with van der Waals surface area (Å²) in [5.41, 5.74) is 2.32. The molecular formula is C18H11N3O2S2. The molecule has 0 aliphatic heterocycles. The first kappa shape index (κ1) is 15.6. The number of aryl methyl sites for hydroxylation is 1. The molecule has 4 heterocycles. The fraction of sp³-hybridized carbons (Fsp3) is 0.0556. The molecular weight excluding hydrogens is 354 g/mol. The number of aromatic carboxylic acids is 1. The molecule has 7 heteroatoms. The van der Waals surface area contributed by atoms with Crippen molar-refractivity contribution in [3.8, 4) is 22.4 Å². The summed E-state index contributed by atoms with van der Waals surface area (Å²) < 4.78 is 1.46. The summed E-state index contributed by atoms with van der Waals surface area (Å²) in [6.07, 6.45) is 3.02. The van der Waals surface area contributed by atoms with E-state index in [9.17, 15) is 9.90 Å². The predicted octanol–water partition coefficient (Wildman–Crippen LogP) is 3.93. The molecule has 0 aliphatic rings. The molecule has 0 fully saturated rings. The van der Waals surface area contributed by atoms with Crippen molar-refractivity contribution in [2.24, 2.45) is 0 Å². The SMILES string of the molecule is Cc1ccsc1C#Cc1ccc(-c2ccn3ncc(C(=O)O)c3n2)s1. The fourth-order valence-electron chi connectivity index (χ4n) is 2.32. The van der Waals surface area contributed by atoms with Crippen molar-refractivity contribution in [1.29, 1.82) is 0 Å². The van der Waals surface area contributed by atoms with E-state index in [-0.39, 0.29) is 5.56 Å². The van der Waals surface area contributed by atoms with Crippen LogP contribution in [0.5, 0.6) is 0 Å². The molecule has 0 unspecified atom stereocenters. The number of hydrogen-bond donors (Lipinski definition) is 1. The van der Waals surface area contributed by atoms with E-state index in [0.717, 1.165) is 14.6 Å². The summed E-state index contributed by atoms with van der Waals surface area (Å²) in [4.78, 5) is 18.6. The molecule has 122 valence electrons. The Morgan fingerprint density at radius 3 is 2.88 bits per heavy atom. The number of thiophene rings is 2. The van der Waals surface area contributed by atoms with Crippen LogP contribution in [0.3, 0.4) is 0 Å². The molecule has 0 aliphatic carbocycles. The second kappa shape index (κ2) is 6.16. The molecule has 0 amide bonds. The van der Waals surface area contributed by atoms with Crippen LogP contribution in [0.4, 0.5) is 0 Å². The van der Waals surface area contributed by atoms with Crippen molar-refractivity contribution in [1.82, 2.24) is 14.6 Å². The van der Waals surface area contributed by atoms with Gasteiger partial charge in [0.2, 0.25) is 0 Å². The highest BCUT2D eigenvalue weighted by Crippen LogP contribution is 2.27. The molecule has 0 bridgehead atoms. The Bertz CT molecular complexity index is 1160. The monoisotopic (exact) mass is 365 g/mol. The molecule has 0 radical (unpaired) electrons. The van der Waals surface area contributed by atoms with Crippen molar-refractivity contribution < 1.29 is 9.90 Å². The summed E-state index contributed by atoms with van der Waals surface area (Å²) in [5, 5.41) is 15.2. The zero-order valence-corrected chi connectivity index (χ0v) is 14.7. The molecule has 1 N–H and O–H groups in total. The Hall–Kier alpha value is -2.95. The molecule has 0 aromatic carbocycles. The summed E-state index contributed by atoms with van der Waals surface area (Å²) in [6, 6.07) is 7.78. The van der Waals surface area contributed by atoms with E-state index in [4.69, 9.17) is 0 Å². The van der Waals surface area contributed by atoms with E-state index < -0.39 is 5.97 Å². The Labute approximate surface area is 151 Å². The molecule has 4 aromatic heterocycles. The number of carboxylic acids is 1. The number of carboxylic acid groups (broad SMARTS) is 1. The third kappa shape index (κ3) is 2.93. The number of aromatic nitrogens is 3. The van der Waals surface area contributed by atoms with Crippen LogP contribution in [-0.4, -0.2) is 25.7 Å². The van der Waals surface area contributed by atoms with Crippen LogP contribution < -0.4 is 0 Å². The van der Waals surface area contributed by atoms with Gasteiger partial charge in [0.15, 0.2) is 5.65 Å². The average molecular weight is 365 g/mol. The van der Waals surface area contributed by atoms with Crippen LogP contribution in [0.1, 0.15) is 25.7 Å². The smallest absolute Gasteiger partial charge is 0.341 e. The van der Waals surface area contributed by atoms with Gasteiger partial charge in [0.05, 0.1) is 26.5 Å². The summed E-state index contributed by atoms with van der Waals surface area (Å²) in [5.74, 6) is 5.33. The minimum atomic E-state index is -1.04. The lowest BCUT2D eigenvalue weighted by Gasteiger charge is -1.98. The minimum absolute atomic E-state index is 0.0894. The molecule has 4 aromatic rings. The van der Waals surface area contributed by atoms with Crippen LogP contribution in [-0.2, 0) is 0 Å². The maximum Gasteiger partial charge on any atom is 0.341 e. The number of rotatable bonds is 2. The van der Waals surface area contributed by atoms with Crippen molar-refractivity contribution >= 4 is 34.3 Å². The van der Waals surface area contributed by atoms with Gasteiger partial charge in [-0.1, -0.05) is 0 Å². The van der Waals surface area contributed by atoms with Gasteiger partial charge in [0, 0.05) is 6.20 Å². The van der Waals surface area contributed by atoms with E-state index >= 15 is 0 Å². The predicted molar refractivity (Wildman–Crippen MR) is 98.3 cm³/mol. The summed E-state index contributed by atoms with van der Waals surface area (Å²) >= 11 is 3.16. The average Bonchev–Trinajstić information content (AvgIpc) is 3.31. The van der Waals surface area contributed by atoms with E-state index in [2.05, 4.69) is 28.0 Å². The van der Waals surface area contributed by atoms with Crippen LogP contribution in [0.2, 0.25) is 0 Å². The standard InChI is InChI=1S/C18H11N3O2S2/c1-11-7-9-24-15(11)4-2-12-3-5-16(25-12)14-6-8-21-17(20-14)13(10-19-21)18(22)23/h3,5-10H,1H3,(H,22,23). The minimum Gasteiger partial charge on any atom is -0.477 e. The van der Waals surface area contributed by atoms with Gasteiger partial charge in [-0.15, -0.1) is 22.7 Å². The van der Waals surface area contributed by atoms with E-state index in [1.54, 1.807) is 17.5 Å². The highest BCUT2D eigenvalue weighted by Gasteiger charge is 2.14. The fourth-order valence-corrected chi connectivity index (χ4v) is 3.92. The summed E-state index contributed by atoms with van der Waals surface area (Å²) in [6.45, 7) is 2.05. The van der Waals surface area contributed by atoms with Gasteiger partial charge in [-0.25, -0.2) is 14.3 Å². The molecule has 0 saturated carbocycles. The Morgan fingerprint density at radius 1 is 1.24 bits per heavy atom. The molecule has 0 atom stereocenters. The van der Waals surface area contributed by atoms with Crippen LogP contribution in [0.15, 0.2) is 42.0 Å². The Kier molecular flexibility index (Phi) is 3.84. The first-order valence-electron chi connectivity index (χ1n) is 7.36. The number of fused-ring (bicyclic) bond motifs is 1. The van der Waals surface area contributed by atoms with Gasteiger partial charge < -0.3 is 5.11 Å². The van der Waals surface area contributed by atoms with Gasteiger partial charge in [-0.2, -0.15) is 5.10 Å². The third-order valence-electron chi connectivity index (χ3n) is 3.62. The lowest BCUT2D eigenvalue weighted by atomic mass is 10.3. The molecule has 0 saturated heterocycles. The maximum absolute atomic E-state index is 11.2. The topological polar surface area (TPSA) is 67.5 Å². The van der Waals surface area contributed by atoms with Crippen LogP contribution >= 0.6 is 22.7 Å². The van der Waals surface area contributed by atoms with Crippen LogP contribution in [0.25, 0.3) is 16.2 Å². The highest BCUT2D eigenvalue weighted by molar-refractivity contribution is 7.16. The largest absolute Gasteiger partial charge is 0.477 e. The van der Waals surface area contributed by atoms with Gasteiger partial charge in [-0.3, -0.25) is 0 Å². The summed E-state index contributed by atoms with van der Waals surface area (Å²) in [7, 11) is 0.